The van der Waals surface area contributed by atoms with Crippen molar-refractivity contribution in [2.75, 3.05) is 18.9 Å². The van der Waals surface area contributed by atoms with Gasteiger partial charge in [-0.05, 0) is 11.8 Å². The Labute approximate surface area is 266 Å². The zero-order chi connectivity index (χ0) is 32.5. The molecule has 46 heavy (non-hydrogen) atoms. The van der Waals surface area contributed by atoms with Crippen molar-refractivity contribution in [3.05, 3.63) is 41.3 Å². The molecule has 4 aromatic heterocycles. The van der Waals surface area contributed by atoms with Crippen molar-refractivity contribution in [1.82, 2.24) is 34.1 Å². The number of nitrogens with two attached hydrogens (primary N) is 1. The van der Waals surface area contributed by atoms with Gasteiger partial charge in [0.2, 0.25) is 0 Å². The Kier molecular flexibility index (Phi) is 8.32. The number of aliphatic hydroxyl groups is 2. The van der Waals surface area contributed by atoms with Crippen LogP contribution in [0.15, 0.2) is 30.0 Å². The number of hydrogen-bond acceptors (Lipinski definition) is 16. The highest BCUT2D eigenvalue weighted by Gasteiger charge is 2.52. The van der Waals surface area contributed by atoms with Crippen LogP contribution in [0.4, 0.5) is 10.2 Å². The predicted molar refractivity (Wildman–Crippen MR) is 159 cm³/mol. The van der Waals surface area contributed by atoms with E-state index in [4.69, 9.17) is 45.1 Å². The normalized spacial score (nSPS) is 37.4. The van der Waals surface area contributed by atoms with Crippen LogP contribution in [0, 0.1) is 5.82 Å². The van der Waals surface area contributed by atoms with Gasteiger partial charge in [-0.15, -0.1) is 0 Å². The van der Waals surface area contributed by atoms with Crippen molar-refractivity contribution in [2.24, 2.45) is 0 Å². The summed E-state index contributed by atoms with van der Waals surface area (Å²) >= 11 is 9.27. The minimum Gasteiger partial charge on any atom is -0.387 e. The van der Waals surface area contributed by atoms with Gasteiger partial charge in [-0.25, -0.2) is 28.9 Å². The fraction of sp³-hybridized carbons (Fsp3) is 0.500. The van der Waals surface area contributed by atoms with Gasteiger partial charge in [0.25, 0.3) is 5.56 Å². The molecule has 0 amide bonds. The summed E-state index contributed by atoms with van der Waals surface area (Å²) in [6.45, 7) is -9.45. The fourth-order valence-corrected chi connectivity index (χ4v) is 8.58. The summed E-state index contributed by atoms with van der Waals surface area (Å²) in [5, 5.41) is 22.3. The zero-order valence-corrected chi connectivity index (χ0v) is 26.5. The van der Waals surface area contributed by atoms with Crippen LogP contribution in [-0.2, 0) is 43.9 Å². The second-order valence-corrected chi connectivity index (χ2v) is 16.2. The molecule has 0 radical (unpaired) electrons. The smallest absolute Gasteiger partial charge is 0.386 e. The SMILES string of the molecule is Nc1ncnc2c1c(F)cn2[C@@H]1O[C@@H]2CCOP(O)(=S)O[C@H]3[C@@H](O)[C@H](n4cnc5c(=O)[nH]cnc54)O[C@@H]3COP(=O)(S)O[C@@H]1[C@@H]2O. The number of ether oxygens (including phenoxy) is 2. The van der Waals surface area contributed by atoms with E-state index in [2.05, 4.69) is 37.2 Å². The van der Waals surface area contributed by atoms with Crippen molar-refractivity contribution < 1.29 is 51.6 Å². The average molecular weight is 723 g/mol. The van der Waals surface area contributed by atoms with E-state index in [9.17, 15) is 28.9 Å². The Bertz CT molecular complexity index is 1970. The summed E-state index contributed by atoms with van der Waals surface area (Å²) in [6.07, 6.45) is -6.52. The molecule has 3 aliphatic heterocycles. The minimum atomic E-state index is -4.41. The Morgan fingerprint density at radius 1 is 1.04 bits per heavy atom. The quantitative estimate of drug-likeness (QED) is 0.120. The van der Waals surface area contributed by atoms with Crippen LogP contribution in [-0.4, -0.2) is 99.0 Å². The Morgan fingerprint density at radius 3 is 2.63 bits per heavy atom. The van der Waals surface area contributed by atoms with Gasteiger partial charge in [0.05, 0.1) is 37.4 Å². The van der Waals surface area contributed by atoms with Crippen molar-refractivity contribution >= 4 is 65.6 Å². The highest BCUT2D eigenvalue weighted by Crippen LogP contribution is 2.58. The van der Waals surface area contributed by atoms with Crippen LogP contribution in [0.25, 0.3) is 22.2 Å². The maximum absolute atomic E-state index is 14.9. The molecule has 0 aromatic carbocycles. The molecule has 248 valence electrons. The van der Waals surface area contributed by atoms with E-state index in [1.54, 1.807) is 0 Å². The van der Waals surface area contributed by atoms with Crippen molar-refractivity contribution in [3.8, 4) is 0 Å². The Hall–Kier alpha value is -2.43. The van der Waals surface area contributed by atoms with Crippen LogP contribution in [0.2, 0.25) is 0 Å². The molecule has 3 aliphatic rings. The number of rotatable bonds is 2. The summed E-state index contributed by atoms with van der Waals surface area (Å²) in [5.41, 5.74) is 5.34. The van der Waals surface area contributed by atoms with Gasteiger partial charge >= 0.3 is 13.5 Å². The first-order valence-corrected chi connectivity index (χ1v) is 18.8. The van der Waals surface area contributed by atoms with Gasteiger partial charge in [-0.1, -0.05) is 12.2 Å². The van der Waals surface area contributed by atoms with Gasteiger partial charge in [-0.3, -0.25) is 22.9 Å². The number of nitrogen functional groups attached to an aromatic ring is 1. The zero-order valence-electron chi connectivity index (χ0n) is 23.0. The lowest BCUT2D eigenvalue weighted by Crippen LogP contribution is -2.37. The molecule has 0 spiro atoms. The summed E-state index contributed by atoms with van der Waals surface area (Å²) in [7, 11) is 0. The maximum atomic E-state index is 14.9. The Balaban J connectivity index is 1.21. The third kappa shape index (κ3) is 5.70. The second kappa shape index (κ2) is 11.9. The Morgan fingerprint density at radius 2 is 1.83 bits per heavy atom. The van der Waals surface area contributed by atoms with Gasteiger partial charge < -0.3 is 44.4 Å². The molecule has 7 rings (SSSR count). The number of fused-ring (bicyclic) bond motifs is 5. The van der Waals surface area contributed by atoms with E-state index in [0.717, 1.165) is 18.9 Å². The predicted octanol–water partition coefficient (Wildman–Crippen LogP) is 0.264. The molecule has 19 nitrogen and oxygen atoms in total. The molecule has 0 aliphatic carbocycles. The van der Waals surface area contributed by atoms with E-state index in [1.807, 2.05) is 0 Å². The van der Waals surface area contributed by atoms with Gasteiger partial charge in [0.15, 0.2) is 35.1 Å². The molecule has 3 fully saturated rings. The number of anilines is 1. The summed E-state index contributed by atoms with van der Waals surface area (Å²) in [4.78, 5) is 41.5. The number of aromatic amines is 1. The minimum absolute atomic E-state index is 0.00511. The van der Waals surface area contributed by atoms with Gasteiger partial charge in [0, 0.05) is 12.6 Å². The van der Waals surface area contributed by atoms with Crippen LogP contribution in [0.5, 0.6) is 0 Å². The van der Waals surface area contributed by atoms with E-state index >= 15 is 0 Å². The topological polar surface area (TPSA) is 253 Å². The van der Waals surface area contributed by atoms with Crippen LogP contribution in [0.3, 0.4) is 0 Å². The number of imidazole rings is 1. The first-order valence-electron chi connectivity index (χ1n) is 13.5. The number of halogens is 1. The van der Waals surface area contributed by atoms with E-state index in [0.29, 0.717) is 0 Å². The highest BCUT2D eigenvalue weighted by atomic mass is 32.7. The van der Waals surface area contributed by atoms with Crippen molar-refractivity contribution in [2.45, 2.75) is 55.5 Å². The maximum Gasteiger partial charge on any atom is 0.386 e. The molecular weight excluding hydrogens is 697 g/mol. The molecular formula is C22H25FN8O11P2S2. The monoisotopic (exact) mass is 722 g/mol. The fourth-order valence-electron chi connectivity index (χ4n) is 5.63. The average Bonchev–Trinajstić information content (AvgIpc) is 3.73. The molecule has 10 atom stereocenters. The summed E-state index contributed by atoms with van der Waals surface area (Å²) in [6, 6.07) is 0. The largest absolute Gasteiger partial charge is 0.387 e. The third-order valence-electron chi connectivity index (χ3n) is 7.70. The molecule has 3 saturated heterocycles. The first-order chi connectivity index (χ1) is 21.8. The lowest BCUT2D eigenvalue weighted by Gasteiger charge is -2.28. The van der Waals surface area contributed by atoms with E-state index in [1.165, 1.54) is 15.5 Å². The number of H-pyrrole nitrogens is 1. The molecule has 2 unspecified atom stereocenters. The van der Waals surface area contributed by atoms with E-state index in [-0.39, 0.29) is 41.0 Å². The molecule has 24 heteroatoms. The van der Waals surface area contributed by atoms with Crippen LogP contribution < -0.4 is 11.3 Å². The van der Waals surface area contributed by atoms with Crippen LogP contribution in [0.1, 0.15) is 18.9 Å². The van der Waals surface area contributed by atoms with E-state index < -0.39 is 80.6 Å². The number of hydrogen-bond donors (Lipinski definition) is 6. The van der Waals surface area contributed by atoms with Crippen LogP contribution >= 0.6 is 25.8 Å². The van der Waals surface area contributed by atoms with Gasteiger partial charge in [-0.2, -0.15) is 0 Å². The van der Waals surface area contributed by atoms with Crippen molar-refractivity contribution in [1.29, 1.82) is 0 Å². The third-order valence-corrected chi connectivity index (χ3v) is 10.9. The number of aromatic nitrogens is 7. The standard InChI is InChI=1S/C22H25FN8O11P2S2/c23-8-3-30(18-11(8)17(24)25-5-26-18)22-16-13(32)9(39-22)1-2-37-43(35,45)41-15-10(4-38-44(36,46)42-16)40-21(14(15)33)31-7-29-12-19(31)27-6-28-20(12)34/h3,5-7,9-10,13-16,21-22,32-33H,1-2,4H2,(H,35,45)(H,36,46)(H2,24,25,26)(H,27,28,34)/t9-,10-,13-,14-,15-,16-,21-,22-,43?,44?/m1/s1. The molecule has 4 aromatic rings. The van der Waals surface area contributed by atoms with Gasteiger partial charge in [0.1, 0.15) is 42.7 Å². The lowest BCUT2D eigenvalue weighted by atomic mass is 10.1. The second-order valence-electron chi connectivity index (χ2n) is 10.5. The molecule has 2 bridgehead atoms. The lowest BCUT2D eigenvalue weighted by molar-refractivity contribution is -0.0519. The number of aliphatic hydroxyl groups excluding tert-OH is 2. The summed E-state index contributed by atoms with van der Waals surface area (Å²) < 4.78 is 65.3. The molecule has 7 heterocycles. The number of thiol groups is 1. The number of nitrogens with one attached hydrogen (secondary N) is 1. The van der Waals surface area contributed by atoms with Crippen molar-refractivity contribution in [3.63, 3.8) is 0 Å². The highest BCUT2D eigenvalue weighted by molar-refractivity contribution is 8.44. The first kappa shape index (κ1) is 32.1. The molecule has 6 N–H and O–H groups in total. The summed E-state index contributed by atoms with van der Waals surface area (Å²) in [5.74, 6) is -0.926. The number of nitrogens with zero attached hydrogens (tertiary/aromatic N) is 6. The molecule has 0 saturated carbocycles.